The first-order valence-corrected chi connectivity index (χ1v) is 12.2. The second kappa shape index (κ2) is 15.4. The predicted octanol–water partition coefficient (Wildman–Crippen LogP) is 0.520. The summed E-state index contributed by atoms with van der Waals surface area (Å²) in [6.45, 7) is 10.6. The third-order valence-corrected chi connectivity index (χ3v) is 5.09. The SMILES string of the molecule is CC(C)CC(=O)NC[C@H]1O[C@H](OC[C@@H](COC(=O)CC(C)C)OC(=O)CC(C)C)[C@H](O)[C@@H](O)[C@@H]1O. The number of aliphatic hydroxyl groups excluding tert-OH is 3. The fourth-order valence-electron chi connectivity index (χ4n) is 3.34. The van der Waals surface area contributed by atoms with Gasteiger partial charge in [0.15, 0.2) is 12.4 Å². The molecule has 0 radical (unpaired) electrons. The van der Waals surface area contributed by atoms with E-state index in [1.54, 1.807) is 0 Å². The van der Waals surface area contributed by atoms with Crippen molar-refractivity contribution in [1.29, 1.82) is 0 Å². The molecule has 11 nitrogen and oxygen atoms in total. The summed E-state index contributed by atoms with van der Waals surface area (Å²) in [7, 11) is 0. The maximum atomic E-state index is 12.2. The minimum absolute atomic E-state index is 0.0550. The number of esters is 2. The highest BCUT2D eigenvalue weighted by molar-refractivity contribution is 5.76. The summed E-state index contributed by atoms with van der Waals surface area (Å²) in [5, 5.41) is 33.4. The summed E-state index contributed by atoms with van der Waals surface area (Å²) in [5.41, 5.74) is 0. The largest absolute Gasteiger partial charge is 0.462 e. The van der Waals surface area contributed by atoms with Crippen molar-refractivity contribution >= 4 is 17.8 Å². The van der Waals surface area contributed by atoms with E-state index < -0.39 is 48.7 Å². The number of rotatable bonds is 14. The smallest absolute Gasteiger partial charge is 0.306 e. The van der Waals surface area contributed by atoms with Gasteiger partial charge in [-0.2, -0.15) is 0 Å². The molecule has 204 valence electrons. The van der Waals surface area contributed by atoms with Crippen LogP contribution in [-0.2, 0) is 33.3 Å². The summed E-state index contributed by atoms with van der Waals surface area (Å²) in [4.78, 5) is 36.0. The van der Waals surface area contributed by atoms with Crippen molar-refractivity contribution in [3.05, 3.63) is 0 Å². The quantitative estimate of drug-likeness (QED) is 0.245. The van der Waals surface area contributed by atoms with Crippen molar-refractivity contribution in [2.24, 2.45) is 17.8 Å². The van der Waals surface area contributed by atoms with Crippen LogP contribution in [0.4, 0.5) is 0 Å². The summed E-state index contributed by atoms with van der Waals surface area (Å²) in [6, 6.07) is 0. The average molecular weight is 506 g/mol. The lowest BCUT2D eigenvalue weighted by atomic mass is 9.98. The molecule has 35 heavy (non-hydrogen) atoms. The molecular formula is C24H43NO10. The number of nitrogens with one attached hydrogen (secondary N) is 1. The van der Waals surface area contributed by atoms with E-state index in [4.69, 9.17) is 18.9 Å². The lowest BCUT2D eigenvalue weighted by Crippen LogP contribution is -2.61. The van der Waals surface area contributed by atoms with Crippen LogP contribution in [0.2, 0.25) is 0 Å². The van der Waals surface area contributed by atoms with Gasteiger partial charge in [0.2, 0.25) is 5.91 Å². The Bertz CT molecular complexity index is 669. The maximum absolute atomic E-state index is 12.2. The molecule has 1 saturated heterocycles. The van der Waals surface area contributed by atoms with Gasteiger partial charge in [-0.15, -0.1) is 0 Å². The van der Waals surface area contributed by atoms with Gasteiger partial charge in [0.1, 0.15) is 31.0 Å². The van der Waals surface area contributed by atoms with E-state index in [2.05, 4.69) is 5.32 Å². The minimum Gasteiger partial charge on any atom is -0.462 e. The molecule has 1 fully saturated rings. The van der Waals surface area contributed by atoms with Crippen LogP contribution in [0, 0.1) is 17.8 Å². The van der Waals surface area contributed by atoms with E-state index in [-0.39, 0.29) is 62.7 Å². The van der Waals surface area contributed by atoms with Crippen LogP contribution in [0.5, 0.6) is 0 Å². The number of ether oxygens (including phenoxy) is 4. The maximum Gasteiger partial charge on any atom is 0.306 e. The summed E-state index contributed by atoms with van der Waals surface area (Å²) < 4.78 is 21.8. The van der Waals surface area contributed by atoms with Gasteiger partial charge >= 0.3 is 11.9 Å². The van der Waals surface area contributed by atoms with Gasteiger partial charge in [0.05, 0.1) is 6.61 Å². The first-order chi connectivity index (χ1) is 16.3. The number of hydrogen-bond donors (Lipinski definition) is 4. The molecule has 11 heteroatoms. The topological polar surface area (TPSA) is 161 Å². The molecule has 0 aromatic carbocycles. The van der Waals surface area contributed by atoms with E-state index >= 15 is 0 Å². The van der Waals surface area contributed by atoms with Gasteiger partial charge in [-0.3, -0.25) is 14.4 Å². The van der Waals surface area contributed by atoms with E-state index in [0.29, 0.717) is 0 Å². The third-order valence-electron chi connectivity index (χ3n) is 5.09. The monoisotopic (exact) mass is 505 g/mol. The molecule has 0 aromatic rings. The van der Waals surface area contributed by atoms with Crippen LogP contribution in [-0.4, -0.2) is 89.7 Å². The molecule has 0 spiro atoms. The molecule has 1 heterocycles. The van der Waals surface area contributed by atoms with E-state index in [0.717, 1.165) is 0 Å². The van der Waals surface area contributed by atoms with Crippen LogP contribution >= 0.6 is 0 Å². The van der Waals surface area contributed by atoms with E-state index in [1.807, 2.05) is 41.5 Å². The van der Waals surface area contributed by atoms with E-state index in [9.17, 15) is 29.7 Å². The highest BCUT2D eigenvalue weighted by Gasteiger charge is 2.44. The van der Waals surface area contributed by atoms with Crippen molar-refractivity contribution in [3.8, 4) is 0 Å². The van der Waals surface area contributed by atoms with Crippen LogP contribution in [0.15, 0.2) is 0 Å². The Hall–Kier alpha value is -1.79. The van der Waals surface area contributed by atoms with Gasteiger partial charge in [-0.05, 0) is 17.8 Å². The van der Waals surface area contributed by atoms with Crippen LogP contribution < -0.4 is 5.32 Å². The Labute approximate surface area is 207 Å². The molecule has 1 aliphatic rings. The molecule has 4 N–H and O–H groups in total. The Morgan fingerprint density at radius 1 is 0.800 bits per heavy atom. The normalized spacial score (nSPS) is 25.5. The Balaban J connectivity index is 2.76. The van der Waals surface area contributed by atoms with Crippen molar-refractivity contribution in [1.82, 2.24) is 5.32 Å². The van der Waals surface area contributed by atoms with E-state index in [1.165, 1.54) is 0 Å². The number of carbonyl (C=O) groups excluding carboxylic acids is 3. The van der Waals surface area contributed by atoms with Crippen molar-refractivity contribution in [2.75, 3.05) is 19.8 Å². The number of amides is 1. The Morgan fingerprint density at radius 3 is 1.94 bits per heavy atom. The lowest BCUT2D eigenvalue weighted by Gasteiger charge is -2.40. The summed E-state index contributed by atoms with van der Waals surface area (Å²) >= 11 is 0. The third kappa shape index (κ3) is 12.1. The molecule has 0 aliphatic carbocycles. The van der Waals surface area contributed by atoms with Crippen LogP contribution in [0.3, 0.4) is 0 Å². The average Bonchev–Trinajstić information content (AvgIpc) is 2.72. The molecule has 0 aromatic heterocycles. The van der Waals surface area contributed by atoms with Crippen molar-refractivity contribution in [2.45, 2.75) is 97.6 Å². The molecule has 0 bridgehead atoms. The fraction of sp³-hybridized carbons (Fsp3) is 0.875. The zero-order valence-corrected chi connectivity index (χ0v) is 21.6. The van der Waals surface area contributed by atoms with Gasteiger partial charge in [-0.25, -0.2) is 0 Å². The zero-order chi connectivity index (χ0) is 26.7. The lowest BCUT2D eigenvalue weighted by molar-refractivity contribution is -0.299. The predicted molar refractivity (Wildman–Crippen MR) is 125 cm³/mol. The molecule has 1 aliphatic heterocycles. The number of aliphatic hydroxyl groups is 3. The number of carbonyl (C=O) groups is 3. The molecular weight excluding hydrogens is 462 g/mol. The Morgan fingerprint density at radius 2 is 1.37 bits per heavy atom. The van der Waals surface area contributed by atoms with Crippen LogP contribution in [0.1, 0.15) is 60.8 Å². The second-order valence-corrected chi connectivity index (χ2v) is 10.2. The minimum atomic E-state index is -1.59. The molecule has 1 rings (SSSR count). The van der Waals surface area contributed by atoms with Gasteiger partial charge in [0.25, 0.3) is 0 Å². The zero-order valence-electron chi connectivity index (χ0n) is 21.6. The Kier molecular flexibility index (Phi) is 13.7. The van der Waals surface area contributed by atoms with Gasteiger partial charge in [0, 0.05) is 25.8 Å². The van der Waals surface area contributed by atoms with Gasteiger partial charge < -0.3 is 39.6 Å². The first-order valence-electron chi connectivity index (χ1n) is 12.2. The molecule has 6 atom stereocenters. The summed E-state index contributed by atoms with van der Waals surface area (Å²) in [5.74, 6) is -0.902. The molecule has 1 amide bonds. The van der Waals surface area contributed by atoms with Gasteiger partial charge in [-0.1, -0.05) is 41.5 Å². The highest BCUT2D eigenvalue weighted by Crippen LogP contribution is 2.22. The molecule has 0 saturated carbocycles. The standard InChI is InChI=1S/C24H43NO10/c1-13(2)7-18(26)25-10-17-21(29)22(30)23(31)24(35-17)33-12-16(34-20(28)9-15(5)6)11-32-19(27)8-14(3)4/h13-17,21-24,29-31H,7-12H2,1-6H3,(H,25,26)/t16-,17-,21-,22+,23-,24+/m1/s1. The van der Waals surface area contributed by atoms with Crippen LogP contribution in [0.25, 0.3) is 0 Å². The first kappa shape index (κ1) is 31.2. The summed E-state index contributed by atoms with van der Waals surface area (Å²) in [6.07, 6.45) is -7.39. The highest BCUT2D eigenvalue weighted by atomic mass is 16.7. The number of hydrogen-bond acceptors (Lipinski definition) is 10. The van der Waals surface area contributed by atoms with Crippen molar-refractivity contribution in [3.63, 3.8) is 0 Å². The molecule has 0 unspecified atom stereocenters. The fourth-order valence-corrected chi connectivity index (χ4v) is 3.34. The second-order valence-electron chi connectivity index (χ2n) is 10.2. The van der Waals surface area contributed by atoms with Crippen molar-refractivity contribution < 1.29 is 48.7 Å².